The van der Waals surface area contributed by atoms with Gasteiger partial charge >= 0.3 is 0 Å². The van der Waals surface area contributed by atoms with Crippen LogP contribution in [0.15, 0.2) is 66.2 Å². The summed E-state index contributed by atoms with van der Waals surface area (Å²) in [7, 11) is 0. The summed E-state index contributed by atoms with van der Waals surface area (Å²) in [6.07, 6.45) is 0.959. The molecule has 3 N–H and O–H groups in total. The number of halogens is 2. The predicted octanol–water partition coefficient (Wildman–Crippen LogP) is 7.09. The third-order valence-corrected chi connectivity index (χ3v) is 13.3. The van der Waals surface area contributed by atoms with Crippen LogP contribution in [0.1, 0.15) is 77.1 Å². The highest BCUT2D eigenvalue weighted by atomic mass is 35.5. The highest BCUT2D eigenvalue weighted by Gasteiger charge is 2.50. The first-order valence-corrected chi connectivity index (χ1v) is 24.0. The van der Waals surface area contributed by atoms with Crippen LogP contribution in [0, 0.1) is 29.5 Å². The number of unbranched alkanes of at least 4 members (excludes halogenated alkanes) is 1. The van der Waals surface area contributed by atoms with Crippen LogP contribution < -0.4 is 25.2 Å². The molecule has 0 aliphatic carbocycles. The number of nitrogens with one attached hydrogen (secondary N) is 2. The second-order valence-corrected chi connectivity index (χ2v) is 19.9. The number of aryl methyl sites for hydroxylation is 1. The van der Waals surface area contributed by atoms with Crippen LogP contribution in [0.2, 0.25) is 5.02 Å². The molecule has 3 aromatic carbocycles. The number of hydrogen-bond donors (Lipinski definition) is 3. The van der Waals surface area contributed by atoms with Crippen molar-refractivity contribution < 1.29 is 42.9 Å². The largest absolute Gasteiger partial charge is 0.491 e. The number of carbonyl (C=O) groups is 4. The summed E-state index contributed by atoms with van der Waals surface area (Å²) in [6.45, 7) is 12.0. The fraction of sp³-hybridized carbons (Fsp3) is 0.449. The Morgan fingerprint density at radius 2 is 1.72 bits per heavy atom. The topological polar surface area (TPSA) is 187 Å². The second-order valence-electron chi connectivity index (χ2n) is 18.2. The zero-order valence-corrected chi connectivity index (χ0v) is 41.4. The molecule has 1 unspecified atom stereocenters. The van der Waals surface area contributed by atoms with Gasteiger partial charge in [-0.2, -0.15) is 5.26 Å². The van der Waals surface area contributed by atoms with E-state index < -0.39 is 46.8 Å². The lowest BCUT2D eigenvalue weighted by atomic mass is 9.85. The number of thiazole rings is 1. The number of amides is 4. The number of carbonyl (C=O) groups excluding carboxylic acids is 4. The standard InChI is InChI=1S/C49H57ClFN7O8S2/c1-30-42(68-29-54-30)32-12-10-31(11-13-32)26-53-44(61)39-24-36(59)27-56(39)45(62)43(48(2,3)4)55-41(60)28-65-20-9-19-64-18-7-8-21-66-40-17-16-35(23-38(40)51)58-47(67)57(46(63)49(58,5)6)34-15-14-33(25-52)37(50)22-34/h10-17,22-23,29,36,39,43,59H,7-9,18-21,24,26-28H2,1-6H3,(H,53,61)(H,55,60)/t36-,39+,43?/m1/s1. The minimum absolute atomic E-state index is 0.0306. The lowest BCUT2D eigenvalue weighted by molar-refractivity contribution is -0.144. The Balaban J connectivity index is 0.868. The fourth-order valence-electron chi connectivity index (χ4n) is 7.94. The molecule has 0 saturated carbocycles. The molecule has 15 nitrogen and oxygen atoms in total. The molecular formula is C49H57ClFN7O8S2. The molecule has 4 aromatic rings. The van der Waals surface area contributed by atoms with Gasteiger partial charge in [0.25, 0.3) is 5.91 Å². The third kappa shape index (κ3) is 12.4. The van der Waals surface area contributed by atoms with Gasteiger partial charge in [0, 0.05) is 51.1 Å². The van der Waals surface area contributed by atoms with Crippen LogP contribution in [-0.4, -0.2) is 107 Å². The van der Waals surface area contributed by atoms with Crippen LogP contribution in [0.5, 0.6) is 5.75 Å². The van der Waals surface area contributed by atoms with Gasteiger partial charge in [-0.3, -0.25) is 24.1 Å². The third-order valence-electron chi connectivity index (χ3n) is 11.6. The normalized spacial score (nSPS) is 17.3. The molecule has 0 radical (unpaired) electrons. The van der Waals surface area contributed by atoms with Gasteiger partial charge in [-0.15, -0.1) is 11.3 Å². The lowest BCUT2D eigenvalue weighted by Gasteiger charge is -2.35. The molecule has 2 fully saturated rings. The Labute approximate surface area is 410 Å². The molecular weight excluding hydrogens is 933 g/mol. The molecule has 19 heteroatoms. The smallest absolute Gasteiger partial charge is 0.259 e. The number of likely N-dealkylation sites (tertiary alicyclic amines) is 1. The van der Waals surface area contributed by atoms with E-state index in [4.69, 9.17) is 38.0 Å². The average Bonchev–Trinajstić information content (AvgIpc) is 3.96. The van der Waals surface area contributed by atoms with Gasteiger partial charge in [-0.05, 0) is 99.1 Å². The monoisotopic (exact) mass is 989 g/mol. The summed E-state index contributed by atoms with van der Waals surface area (Å²) >= 11 is 13.5. The second kappa shape index (κ2) is 22.7. The van der Waals surface area contributed by atoms with Crippen LogP contribution in [0.25, 0.3) is 10.4 Å². The average molecular weight is 991 g/mol. The minimum atomic E-state index is -1.14. The Morgan fingerprint density at radius 1 is 1.03 bits per heavy atom. The lowest BCUT2D eigenvalue weighted by Crippen LogP contribution is -2.58. The number of benzene rings is 3. The van der Waals surface area contributed by atoms with Gasteiger partial charge < -0.3 is 39.8 Å². The van der Waals surface area contributed by atoms with Gasteiger partial charge in [-0.1, -0.05) is 56.6 Å². The summed E-state index contributed by atoms with van der Waals surface area (Å²) in [5, 5.41) is 25.8. The zero-order chi connectivity index (χ0) is 49.3. The van der Waals surface area contributed by atoms with E-state index in [0.717, 1.165) is 21.7 Å². The summed E-state index contributed by atoms with van der Waals surface area (Å²) in [5.41, 5.74) is 3.85. The summed E-state index contributed by atoms with van der Waals surface area (Å²) < 4.78 is 32.3. The fourth-order valence-corrected chi connectivity index (χ4v) is 9.49. The molecule has 3 heterocycles. The van der Waals surface area contributed by atoms with Crippen molar-refractivity contribution in [3.63, 3.8) is 0 Å². The molecule has 6 rings (SSSR count). The van der Waals surface area contributed by atoms with E-state index in [1.165, 1.54) is 34.1 Å². The van der Waals surface area contributed by atoms with Gasteiger partial charge in [0.15, 0.2) is 16.7 Å². The number of anilines is 2. The van der Waals surface area contributed by atoms with E-state index in [-0.39, 0.29) is 72.6 Å². The molecule has 2 aliphatic rings. The molecule has 0 bridgehead atoms. The highest BCUT2D eigenvalue weighted by Crippen LogP contribution is 2.39. The van der Waals surface area contributed by atoms with E-state index in [0.29, 0.717) is 43.9 Å². The van der Waals surface area contributed by atoms with Crippen LogP contribution in [0.3, 0.4) is 0 Å². The summed E-state index contributed by atoms with van der Waals surface area (Å²) in [4.78, 5) is 63.5. The van der Waals surface area contributed by atoms with Gasteiger partial charge in [0.1, 0.15) is 30.3 Å². The Bertz CT molecular complexity index is 2530. The van der Waals surface area contributed by atoms with E-state index in [9.17, 15) is 29.5 Å². The number of β-amino-alcohol motifs (C(OH)–C–C–N with tert-alkyl or cyclic N) is 1. The number of aliphatic hydroxyl groups is 1. The van der Waals surface area contributed by atoms with Gasteiger partial charge in [0.2, 0.25) is 17.7 Å². The quantitative estimate of drug-likeness (QED) is 0.0604. The first-order chi connectivity index (χ1) is 32.3. The maximum Gasteiger partial charge on any atom is 0.259 e. The molecule has 362 valence electrons. The van der Waals surface area contributed by atoms with Gasteiger partial charge in [-0.25, -0.2) is 9.37 Å². The molecule has 3 atom stereocenters. The number of hydrogen-bond acceptors (Lipinski definition) is 12. The Hall–Kier alpha value is -5.55. The van der Waals surface area contributed by atoms with Crippen molar-refractivity contribution in [3.8, 4) is 22.3 Å². The van der Waals surface area contributed by atoms with E-state index in [2.05, 4.69) is 15.6 Å². The molecule has 2 aliphatic heterocycles. The molecule has 2 saturated heterocycles. The van der Waals surface area contributed by atoms with Crippen molar-refractivity contribution >= 4 is 75.3 Å². The number of nitriles is 1. The maximum atomic E-state index is 15.3. The van der Waals surface area contributed by atoms with Crippen LogP contribution >= 0.6 is 35.2 Å². The molecule has 4 amide bonds. The maximum absolute atomic E-state index is 15.3. The van der Waals surface area contributed by atoms with E-state index in [1.54, 1.807) is 47.7 Å². The first-order valence-electron chi connectivity index (χ1n) is 22.3. The summed E-state index contributed by atoms with van der Waals surface area (Å²) in [6, 6.07) is 16.9. The number of ether oxygens (including phenoxy) is 3. The minimum Gasteiger partial charge on any atom is -0.491 e. The van der Waals surface area contributed by atoms with Crippen LogP contribution in [-0.2, 0) is 35.2 Å². The van der Waals surface area contributed by atoms with Crippen molar-refractivity contribution in [1.29, 1.82) is 5.26 Å². The van der Waals surface area contributed by atoms with Gasteiger partial charge in [0.05, 0.1) is 45.1 Å². The zero-order valence-electron chi connectivity index (χ0n) is 39.0. The number of rotatable bonds is 20. The number of nitrogens with zero attached hydrogens (tertiary/aromatic N) is 5. The number of thiocarbonyl (C=S) groups is 1. The number of aliphatic hydroxyl groups excluding tert-OH is 1. The SMILES string of the molecule is Cc1ncsc1-c1ccc(CNC(=O)[C@@H]2C[C@@H](O)CN2C(=O)C(NC(=O)COCCCOCCCCOc2ccc(N3C(=S)N(c4ccc(C#N)c(Cl)c4)C(=O)C3(C)C)cc2F)C(C)(C)C)cc1. The van der Waals surface area contributed by atoms with E-state index in [1.807, 2.05) is 58.0 Å². The van der Waals surface area contributed by atoms with Crippen LogP contribution in [0.4, 0.5) is 15.8 Å². The van der Waals surface area contributed by atoms with Crippen molar-refractivity contribution in [2.24, 2.45) is 5.41 Å². The molecule has 0 spiro atoms. The molecule has 68 heavy (non-hydrogen) atoms. The van der Waals surface area contributed by atoms with Crippen molar-refractivity contribution in [2.75, 3.05) is 49.4 Å². The van der Waals surface area contributed by atoms with E-state index >= 15 is 4.39 Å². The first kappa shape index (κ1) is 51.8. The number of aromatic nitrogens is 1. The Morgan fingerprint density at radius 3 is 2.38 bits per heavy atom. The summed E-state index contributed by atoms with van der Waals surface area (Å²) in [5.74, 6) is -2.23. The highest BCUT2D eigenvalue weighted by molar-refractivity contribution is 7.81. The molecule has 1 aromatic heterocycles. The van der Waals surface area contributed by atoms with Crippen molar-refractivity contribution in [3.05, 3.63) is 93.8 Å². The predicted molar refractivity (Wildman–Crippen MR) is 262 cm³/mol. The Kier molecular flexibility index (Phi) is 17.3. The van der Waals surface area contributed by atoms with Crippen molar-refractivity contribution in [1.82, 2.24) is 20.5 Å². The van der Waals surface area contributed by atoms with Crippen molar-refractivity contribution in [2.45, 2.75) is 97.5 Å².